The van der Waals surface area contributed by atoms with Crippen LogP contribution < -0.4 is 5.32 Å². The molecule has 0 radical (unpaired) electrons. The summed E-state index contributed by atoms with van der Waals surface area (Å²) in [7, 11) is -3.09. The van der Waals surface area contributed by atoms with Crippen molar-refractivity contribution in [2.45, 2.75) is 12.1 Å². The smallest absolute Gasteiger partial charge is 0.154 e. The maximum absolute atomic E-state index is 11.3. The lowest BCUT2D eigenvalue weighted by Gasteiger charge is -2.13. The first-order chi connectivity index (χ1) is 9.46. The van der Waals surface area contributed by atoms with Gasteiger partial charge in [0.05, 0.1) is 24.2 Å². The van der Waals surface area contributed by atoms with Crippen molar-refractivity contribution >= 4 is 32.0 Å². The van der Waals surface area contributed by atoms with E-state index >= 15 is 0 Å². The van der Waals surface area contributed by atoms with Gasteiger partial charge in [0.1, 0.15) is 0 Å². The molecule has 1 saturated heterocycles. The minimum atomic E-state index is -3.09. The molecule has 1 aromatic rings. The summed E-state index contributed by atoms with van der Waals surface area (Å²) in [4.78, 5) is 4.26. The highest BCUT2D eigenvalue weighted by atomic mass is 79.9. The Bertz CT molecular complexity index is 572. The van der Waals surface area contributed by atoms with Gasteiger partial charge < -0.3 is 10.4 Å². The van der Waals surface area contributed by atoms with Crippen molar-refractivity contribution in [2.24, 2.45) is 4.99 Å². The summed E-state index contributed by atoms with van der Waals surface area (Å²) in [6, 6.07) is 7.42. The predicted octanol–water partition coefficient (Wildman–Crippen LogP) is 0.616. The Labute approximate surface area is 127 Å². The molecule has 110 valence electrons. The van der Waals surface area contributed by atoms with Crippen molar-refractivity contribution in [2.75, 3.05) is 24.6 Å². The second-order valence-electron chi connectivity index (χ2n) is 4.79. The van der Waals surface area contributed by atoms with Crippen LogP contribution in [0.4, 0.5) is 0 Å². The van der Waals surface area contributed by atoms with Crippen LogP contribution >= 0.6 is 15.9 Å². The highest BCUT2D eigenvalue weighted by Crippen LogP contribution is 2.12. The summed E-state index contributed by atoms with van der Waals surface area (Å²) in [5.74, 6) is -0.141. The minimum Gasteiger partial charge on any atom is -0.390 e. The van der Waals surface area contributed by atoms with Gasteiger partial charge in [0, 0.05) is 23.3 Å². The summed E-state index contributed by atoms with van der Waals surface area (Å²) in [6.45, 7) is 1.09. The molecule has 1 fully saturated rings. The molecule has 1 aliphatic rings. The van der Waals surface area contributed by atoms with Gasteiger partial charge in [-0.25, -0.2) is 8.42 Å². The number of nitrogens with one attached hydrogen (secondary N) is 1. The van der Waals surface area contributed by atoms with E-state index in [0.717, 1.165) is 10.0 Å². The predicted molar refractivity (Wildman–Crippen MR) is 83.1 cm³/mol. The van der Waals surface area contributed by atoms with Crippen molar-refractivity contribution in [3.05, 3.63) is 34.3 Å². The Kier molecular flexibility index (Phi) is 5.31. The number of benzene rings is 1. The summed E-state index contributed by atoms with van der Waals surface area (Å²) in [5, 5.41) is 12.6. The fourth-order valence-electron chi connectivity index (χ4n) is 2.06. The number of aliphatic hydroxyl groups excluding tert-OH is 1. The maximum atomic E-state index is 11.3. The molecule has 7 heteroatoms. The zero-order valence-corrected chi connectivity index (χ0v) is 13.3. The van der Waals surface area contributed by atoms with Crippen molar-refractivity contribution in [3.63, 3.8) is 0 Å². The molecular formula is C13H17BrN2O3S. The number of sulfone groups is 1. The van der Waals surface area contributed by atoms with Gasteiger partial charge in [-0.1, -0.05) is 28.1 Å². The van der Waals surface area contributed by atoms with Gasteiger partial charge in [0.2, 0.25) is 0 Å². The van der Waals surface area contributed by atoms with Crippen LogP contribution in [0.3, 0.4) is 0 Å². The van der Waals surface area contributed by atoms with E-state index in [1.165, 1.54) is 0 Å². The SMILES string of the molecule is O=S1(=O)C[C@@H](O)[C@@H](NCCN=Cc2ccc(Br)cc2)C1. The number of aliphatic imine (C=N–C) groups is 1. The number of nitrogens with zero attached hydrogens (tertiary/aromatic N) is 1. The first-order valence-corrected chi connectivity index (χ1v) is 8.95. The number of hydrogen-bond donors (Lipinski definition) is 2. The van der Waals surface area contributed by atoms with Crippen molar-refractivity contribution in [1.29, 1.82) is 0 Å². The highest BCUT2D eigenvalue weighted by molar-refractivity contribution is 9.10. The van der Waals surface area contributed by atoms with Crippen molar-refractivity contribution in [1.82, 2.24) is 5.32 Å². The average Bonchev–Trinajstić information content (AvgIpc) is 2.64. The molecule has 0 saturated carbocycles. The van der Waals surface area contributed by atoms with Crippen LogP contribution in [-0.2, 0) is 9.84 Å². The topological polar surface area (TPSA) is 78.8 Å². The molecule has 0 amide bonds. The Morgan fingerprint density at radius 3 is 2.65 bits per heavy atom. The third-order valence-electron chi connectivity index (χ3n) is 3.08. The van der Waals surface area contributed by atoms with Gasteiger partial charge in [0.15, 0.2) is 9.84 Å². The third kappa shape index (κ3) is 4.66. The van der Waals surface area contributed by atoms with E-state index in [1.54, 1.807) is 6.21 Å². The van der Waals surface area contributed by atoms with Crippen LogP contribution in [0.5, 0.6) is 0 Å². The molecule has 5 nitrogen and oxygen atoms in total. The molecule has 0 spiro atoms. The molecule has 1 aliphatic heterocycles. The van der Waals surface area contributed by atoms with E-state index < -0.39 is 15.9 Å². The van der Waals surface area contributed by atoms with Gasteiger partial charge in [-0.15, -0.1) is 0 Å². The van der Waals surface area contributed by atoms with Crippen LogP contribution in [0.25, 0.3) is 0 Å². The quantitative estimate of drug-likeness (QED) is 0.595. The monoisotopic (exact) mass is 360 g/mol. The van der Waals surface area contributed by atoms with Gasteiger partial charge in [-0.2, -0.15) is 0 Å². The van der Waals surface area contributed by atoms with E-state index in [0.29, 0.717) is 13.1 Å². The Hall–Kier alpha value is -0.760. The van der Waals surface area contributed by atoms with E-state index in [1.807, 2.05) is 24.3 Å². The third-order valence-corrected chi connectivity index (χ3v) is 5.33. The standard InChI is InChI=1S/C13H17BrN2O3S/c14-11-3-1-10(2-4-11)7-15-5-6-16-12-8-20(18,19)9-13(12)17/h1-4,7,12-13,16-17H,5-6,8-9H2/t12-,13+/m0/s1. The van der Waals surface area contributed by atoms with Gasteiger partial charge in [-0.3, -0.25) is 4.99 Å². The Morgan fingerprint density at radius 1 is 1.35 bits per heavy atom. The zero-order valence-electron chi connectivity index (χ0n) is 10.9. The highest BCUT2D eigenvalue weighted by Gasteiger charge is 2.35. The normalized spacial score (nSPS) is 25.3. The lowest BCUT2D eigenvalue weighted by molar-refractivity contribution is 0.167. The number of hydrogen-bond acceptors (Lipinski definition) is 5. The summed E-state index contributed by atoms with van der Waals surface area (Å²) < 4.78 is 23.7. The van der Waals surface area contributed by atoms with Gasteiger partial charge >= 0.3 is 0 Å². The van der Waals surface area contributed by atoms with Gasteiger partial charge in [-0.05, 0) is 17.7 Å². The van der Waals surface area contributed by atoms with Crippen LogP contribution in [0.1, 0.15) is 5.56 Å². The van der Waals surface area contributed by atoms with Gasteiger partial charge in [0.25, 0.3) is 0 Å². The molecule has 2 N–H and O–H groups in total. The van der Waals surface area contributed by atoms with E-state index in [-0.39, 0.29) is 17.5 Å². The lowest BCUT2D eigenvalue weighted by atomic mass is 10.2. The second-order valence-corrected chi connectivity index (χ2v) is 7.86. The van der Waals surface area contributed by atoms with Crippen molar-refractivity contribution < 1.29 is 13.5 Å². The Balaban J connectivity index is 1.73. The first-order valence-electron chi connectivity index (χ1n) is 6.33. The molecule has 0 unspecified atom stereocenters. The van der Waals surface area contributed by atoms with Crippen LogP contribution in [0.2, 0.25) is 0 Å². The molecule has 2 atom stereocenters. The van der Waals surface area contributed by atoms with Crippen LogP contribution in [0.15, 0.2) is 33.7 Å². The summed E-state index contributed by atoms with van der Waals surface area (Å²) >= 11 is 3.36. The minimum absolute atomic E-state index is 0.00456. The van der Waals surface area contributed by atoms with E-state index in [2.05, 4.69) is 26.2 Å². The summed E-state index contributed by atoms with van der Waals surface area (Å²) in [5.41, 5.74) is 1.01. The van der Waals surface area contributed by atoms with Crippen molar-refractivity contribution in [3.8, 4) is 0 Å². The average molecular weight is 361 g/mol. The molecule has 0 aromatic heterocycles. The van der Waals surface area contributed by atoms with E-state index in [4.69, 9.17) is 0 Å². The lowest BCUT2D eigenvalue weighted by Crippen LogP contribution is -2.40. The first kappa shape index (κ1) is 15.6. The number of aliphatic hydroxyl groups is 1. The summed E-state index contributed by atoms with van der Waals surface area (Å²) in [6.07, 6.45) is 0.964. The number of rotatable bonds is 5. The Morgan fingerprint density at radius 2 is 2.05 bits per heavy atom. The van der Waals surface area contributed by atoms with Crippen LogP contribution in [-0.4, -0.2) is 56.5 Å². The fourth-order valence-corrected chi connectivity index (χ4v) is 4.10. The van der Waals surface area contributed by atoms with E-state index in [9.17, 15) is 13.5 Å². The zero-order chi connectivity index (χ0) is 14.6. The maximum Gasteiger partial charge on any atom is 0.154 e. The largest absolute Gasteiger partial charge is 0.390 e. The molecule has 20 heavy (non-hydrogen) atoms. The molecular weight excluding hydrogens is 344 g/mol. The molecule has 1 aromatic carbocycles. The second kappa shape index (κ2) is 6.80. The molecule has 1 heterocycles. The molecule has 0 bridgehead atoms. The fraction of sp³-hybridized carbons (Fsp3) is 0.462. The molecule has 0 aliphatic carbocycles. The molecule has 2 rings (SSSR count). The van der Waals surface area contributed by atoms with Crippen LogP contribution in [0, 0.1) is 0 Å². The number of halogens is 1.